The van der Waals surface area contributed by atoms with E-state index in [4.69, 9.17) is 9.72 Å². The Labute approximate surface area is 216 Å². The van der Waals surface area contributed by atoms with Crippen LogP contribution in [0, 0.1) is 0 Å². The van der Waals surface area contributed by atoms with Crippen molar-refractivity contribution in [2.45, 2.75) is 12.5 Å². The Hall–Kier alpha value is -4.37. The van der Waals surface area contributed by atoms with Crippen LogP contribution in [0.1, 0.15) is 6.42 Å². The molecule has 0 radical (unpaired) electrons. The predicted octanol–water partition coefficient (Wildman–Crippen LogP) is 4.44. The third kappa shape index (κ3) is 4.85. The molecular formula is C28H31N7O2. The van der Waals surface area contributed by atoms with E-state index in [1.165, 1.54) is 6.08 Å². The van der Waals surface area contributed by atoms with Crippen molar-refractivity contribution < 1.29 is 9.53 Å². The summed E-state index contributed by atoms with van der Waals surface area (Å²) in [5.74, 6) is 1.51. The highest BCUT2D eigenvalue weighted by Crippen LogP contribution is 2.44. The maximum Gasteiger partial charge on any atom is 0.247 e. The van der Waals surface area contributed by atoms with E-state index in [-0.39, 0.29) is 5.91 Å². The lowest BCUT2D eigenvalue weighted by atomic mass is 10.1. The van der Waals surface area contributed by atoms with Crippen molar-refractivity contribution in [1.29, 1.82) is 0 Å². The molecule has 2 aromatic carbocycles. The van der Waals surface area contributed by atoms with Crippen LogP contribution in [0.4, 0.5) is 23.0 Å². The number of nitrogens with one attached hydrogen (secondary N) is 2. The van der Waals surface area contributed by atoms with Crippen molar-refractivity contribution in [3.05, 3.63) is 73.6 Å². The van der Waals surface area contributed by atoms with Crippen LogP contribution in [0.5, 0.6) is 5.75 Å². The van der Waals surface area contributed by atoms with Crippen molar-refractivity contribution in [3.8, 4) is 11.6 Å². The minimum absolute atomic E-state index is 0.279. The molecule has 2 N–H and O–H groups in total. The monoisotopic (exact) mass is 497 g/mol. The van der Waals surface area contributed by atoms with E-state index in [1.807, 2.05) is 41.1 Å². The maximum absolute atomic E-state index is 12.3. The van der Waals surface area contributed by atoms with E-state index in [0.717, 1.165) is 41.9 Å². The number of anilines is 4. The van der Waals surface area contributed by atoms with E-state index in [9.17, 15) is 4.79 Å². The molecule has 190 valence electrons. The number of para-hydroxylation sites is 1. The van der Waals surface area contributed by atoms with Gasteiger partial charge in [0.2, 0.25) is 11.9 Å². The Bertz CT molecular complexity index is 1450. The second-order valence-corrected chi connectivity index (χ2v) is 9.19. The minimum atomic E-state index is -0.279. The molecule has 2 aromatic heterocycles. The van der Waals surface area contributed by atoms with Gasteiger partial charge in [-0.1, -0.05) is 24.8 Å². The van der Waals surface area contributed by atoms with Crippen molar-refractivity contribution >= 4 is 39.8 Å². The van der Waals surface area contributed by atoms with Gasteiger partial charge in [0.05, 0.1) is 24.0 Å². The molecule has 9 nitrogen and oxygen atoms in total. The Morgan fingerprint density at radius 1 is 1.19 bits per heavy atom. The van der Waals surface area contributed by atoms with Gasteiger partial charge in [0.15, 0.2) is 0 Å². The fourth-order valence-corrected chi connectivity index (χ4v) is 4.78. The first-order valence-corrected chi connectivity index (χ1v) is 12.2. The number of hydrogen-bond acceptors (Lipinski definition) is 7. The van der Waals surface area contributed by atoms with Crippen molar-refractivity contribution in [2.75, 3.05) is 49.8 Å². The lowest BCUT2D eigenvalue weighted by Crippen LogP contribution is -2.32. The standard InChI is InChI=1S/C28H31N7O2/c1-5-25(36)30-21-10-11-23(37-4)26(27(21)34-16-14-20(18-34)33(2)3)32-28-29-15-12-24(31-28)35-17-13-19-8-6-7-9-22(19)35/h5-13,15,17,20H,1,14,16,18H2,2-4H3,(H,30,36)(H,29,31,32). The van der Waals surface area contributed by atoms with Crippen LogP contribution >= 0.6 is 0 Å². The molecule has 0 spiro atoms. The number of nitrogens with zero attached hydrogens (tertiary/aromatic N) is 5. The number of ether oxygens (including phenoxy) is 1. The molecule has 0 saturated carbocycles. The number of carbonyl (C=O) groups is 1. The number of benzene rings is 2. The molecule has 1 unspecified atom stereocenters. The van der Waals surface area contributed by atoms with Crippen LogP contribution in [-0.2, 0) is 4.79 Å². The fraction of sp³-hybridized carbons (Fsp3) is 0.250. The summed E-state index contributed by atoms with van der Waals surface area (Å²) < 4.78 is 7.78. The number of carbonyl (C=O) groups excluding carboxylic acids is 1. The summed E-state index contributed by atoms with van der Waals surface area (Å²) in [6, 6.07) is 16.2. The van der Waals surface area contributed by atoms with E-state index < -0.39 is 0 Å². The number of rotatable bonds is 8. The fourth-order valence-electron chi connectivity index (χ4n) is 4.78. The number of aromatic nitrogens is 3. The van der Waals surface area contributed by atoms with Crippen molar-refractivity contribution in [2.24, 2.45) is 0 Å². The van der Waals surface area contributed by atoms with Gasteiger partial charge in [-0.15, -0.1) is 0 Å². The topological polar surface area (TPSA) is 87.5 Å². The molecule has 37 heavy (non-hydrogen) atoms. The molecule has 0 aliphatic carbocycles. The van der Waals surface area contributed by atoms with E-state index in [2.05, 4.69) is 64.3 Å². The van der Waals surface area contributed by atoms with Gasteiger partial charge in [0, 0.05) is 31.5 Å². The van der Waals surface area contributed by atoms with Gasteiger partial charge in [-0.25, -0.2) is 4.98 Å². The lowest BCUT2D eigenvalue weighted by Gasteiger charge is -2.27. The first-order chi connectivity index (χ1) is 18.0. The Morgan fingerprint density at radius 3 is 2.78 bits per heavy atom. The van der Waals surface area contributed by atoms with Crippen LogP contribution in [-0.4, -0.2) is 65.7 Å². The predicted molar refractivity (Wildman–Crippen MR) is 148 cm³/mol. The van der Waals surface area contributed by atoms with Crippen molar-refractivity contribution in [3.63, 3.8) is 0 Å². The van der Waals surface area contributed by atoms with Gasteiger partial charge in [0.25, 0.3) is 0 Å². The van der Waals surface area contributed by atoms with E-state index >= 15 is 0 Å². The molecule has 1 aliphatic rings. The highest BCUT2D eigenvalue weighted by Gasteiger charge is 2.29. The summed E-state index contributed by atoms with van der Waals surface area (Å²) in [4.78, 5) is 26.1. The normalized spacial score (nSPS) is 15.2. The SMILES string of the molecule is C=CC(=O)Nc1ccc(OC)c(Nc2nccc(-n3ccc4ccccc43)n2)c1N1CCC(N(C)C)C1. The summed E-state index contributed by atoms with van der Waals surface area (Å²) >= 11 is 0. The molecule has 1 saturated heterocycles. The molecule has 1 fully saturated rings. The zero-order chi connectivity index (χ0) is 25.9. The first kappa shape index (κ1) is 24.3. The number of methoxy groups -OCH3 is 1. The van der Waals surface area contributed by atoms with Crippen LogP contribution in [0.3, 0.4) is 0 Å². The highest BCUT2D eigenvalue weighted by atomic mass is 16.5. The maximum atomic E-state index is 12.3. The summed E-state index contributed by atoms with van der Waals surface area (Å²) in [5, 5.41) is 7.50. The molecule has 1 aliphatic heterocycles. The van der Waals surface area contributed by atoms with Crippen LogP contribution in [0.2, 0.25) is 0 Å². The molecular weight excluding hydrogens is 466 g/mol. The summed E-state index contributed by atoms with van der Waals surface area (Å²) in [6.45, 7) is 5.24. The van der Waals surface area contributed by atoms with Gasteiger partial charge < -0.3 is 29.7 Å². The number of fused-ring (bicyclic) bond motifs is 1. The summed E-state index contributed by atoms with van der Waals surface area (Å²) in [7, 11) is 5.80. The summed E-state index contributed by atoms with van der Waals surface area (Å²) in [5.41, 5.74) is 3.25. The minimum Gasteiger partial charge on any atom is -0.494 e. The smallest absolute Gasteiger partial charge is 0.247 e. The lowest BCUT2D eigenvalue weighted by molar-refractivity contribution is -0.111. The number of likely N-dealkylation sites (N-methyl/N-ethyl adjacent to an activating group) is 1. The van der Waals surface area contributed by atoms with Crippen molar-refractivity contribution in [1.82, 2.24) is 19.4 Å². The largest absolute Gasteiger partial charge is 0.494 e. The zero-order valence-electron chi connectivity index (χ0n) is 21.3. The Kier molecular flexibility index (Phi) is 6.78. The van der Waals surface area contributed by atoms with Crippen LogP contribution in [0.15, 0.2) is 73.6 Å². The third-order valence-corrected chi connectivity index (χ3v) is 6.74. The molecule has 0 bridgehead atoms. The van der Waals surface area contributed by atoms with Gasteiger partial charge in [-0.05, 0) is 62.3 Å². The Balaban J connectivity index is 1.57. The highest BCUT2D eigenvalue weighted by molar-refractivity contribution is 6.04. The number of hydrogen-bond donors (Lipinski definition) is 2. The average molecular weight is 498 g/mol. The average Bonchev–Trinajstić information content (AvgIpc) is 3.57. The molecule has 4 aromatic rings. The first-order valence-electron chi connectivity index (χ1n) is 12.2. The van der Waals surface area contributed by atoms with Gasteiger partial charge in [-0.2, -0.15) is 4.98 Å². The molecule has 9 heteroatoms. The second-order valence-electron chi connectivity index (χ2n) is 9.19. The van der Waals surface area contributed by atoms with Gasteiger partial charge in [-0.3, -0.25) is 4.79 Å². The van der Waals surface area contributed by atoms with Crippen LogP contribution < -0.4 is 20.3 Å². The molecule has 3 heterocycles. The molecule has 1 atom stereocenters. The van der Waals surface area contributed by atoms with E-state index in [1.54, 1.807) is 13.3 Å². The van der Waals surface area contributed by atoms with Gasteiger partial charge in [0.1, 0.15) is 17.3 Å². The zero-order valence-corrected chi connectivity index (χ0v) is 21.3. The van der Waals surface area contributed by atoms with E-state index in [0.29, 0.717) is 29.1 Å². The molecule has 5 rings (SSSR count). The van der Waals surface area contributed by atoms with Crippen LogP contribution in [0.25, 0.3) is 16.7 Å². The van der Waals surface area contributed by atoms with Gasteiger partial charge >= 0.3 is 0 Å². The summed E-state index contributed by atoms with van der Waals surface area (Å²) in [6.07, 6.45) is 6.00. The second kappa shape index (κ2) is 10.3. The number of amides is 1. The Morgan fingerprint density at radius 2 is 2.03 bits per heavy atom. The molecule has 1 amide bonds. The quantitative estimate of drug-likeness (QED) is 0.348. The third-order valence-electron chi connectivity index (χ3n) is 6.74.